The van der Waals surface area contributed by atoms with Gasteiger partial charge in [0, 0.05) is 0 Å². The first-order valence-electron chi connectivity index (χ1n) is 2.53. The molecule has 0 aliphatic rings. The summed E-state index contributed by atoms with van der Waals surface area (Å²) in [6.45, 7) is 2.06. The fourth-order valence-electron chi connectivity index (χ4n) is 0.246. The van der Waals surface area contributed by atoms with Crippen molar-refractivity contribution in [2.45, 2.75) is 13.3 Å². The van der Waals surface area contributed by atoms with Crippen LogP contribution >= 0.6 is 11.8 Å². The maximum Gasteiger partial charge on any atom is 0.209 e. The molecule has 0 fully saturated rings. The predicted molar refractivity (Wildman–Crippen MR) is 37.6 cm³/mol. The number of allylic oxidation sites excluding steroid dienone is 1. The van der Waals surface area contributed by atoms with E-state index in [0.29, 0.717) is 5.75 Å². The lowest BCUT2D eigenvalue weighted by Gasteiger charge is -1.78. The van der Waals surface area contributed by atoms with E-state index in [4.69, 9.17) is 0 Å². The van der Waals surface area contributed by atoms with E-state index in [2.05, 4.69) is 6.92 Å². The predicted octanol–water partition coefficient (Wildman–Crippen LogP) is 1.75. The maximum absolute atomic E-state index is 9.59. The molecule has 0 amide bonds. The van der Waals surface area contributed by atoms with Crippen LogP contribution in [-0.2, 0) is 4.79 Å². The quantitative estimate of drug-likeness (QED) is 0.538. The van der Waals surface area contributed by atoms with Crippen molar-refractivity contribution in [3.63, 3.8) is 0 Å². The molecule has 2 heteroatoms. The lowest BCUT2D eigenvalue weighted by atomic mass is 10.5. The van der Waals surface area contributed by atoms with Gasteiger partial charge in [-0.05, 0) is 11.8 Å². The first-order valence-corrected chi connectivity index (χ1v) is 3.58. The smallest absolute Gasteiger partial charge is 0.209 e. The third-order valence-electron chi connectivity index (χ3n) is 0.570. The molecule has 0 saturated heterocycles. The Bertz CT molecular complexity index is 78.6. The van der Waals surface area contributed by atoms with Gasteiger partial charge in [0.2, 0.25) is 6.29 Å². The van der Waals surface area contributed by atoms with Crippen molar-refractivity contribution in [3.8, 4) is 0 Å². The Hall–Kier alpha value is -0.240. The van der Waals surface area contributed by atoms with E-state index in [0.717, 1.165) is 6.42 Å². The first kappa shape index (κ1) is 7.76. The lowest BCUT2D eigenvalue weighted by Crippen LogP contribution is -1.71. The van der Waals surface area contributed by atoms with Crippen LogP contribution in [0.15, 0.2) is 11.5 Å². The van der Waals surface area contributed by atoms with E-state index >= 15 is 0 Å². The molecule has 0 N–H and O–H groups in total. The second-order valence-electron chi connectivity index (χ2n) is 1.24. The van der Waals surface area contributed by atoms with E-state index in [1.807, 2.05) is 11.5 Å². The van der Waals surface area contributed by atoms with Crippen molar-refractivity contribution >= 4 is 18.0 Å². The summed E-state index contributed by atoms with van der Waals surface area (Å²) in [6.07, 6.45) is 4.84. The normalized spacial score (nSPS) is 10.1. The summed E-state index contributed by atoms with van der Waals surface area (Å²) >= 11 is 1.47. The molecule has 1 nitrogen and oxygen atoms in total. The molecule has 1 radical (unpaired) electrons. The summed E-state index contributed by atoms with van der Waals surface area (Å²) < 4.78 is 0. The third kappa shape index (κ3) is 5.76. The Morgan fingerprint density at radius 2 is 2.50 bits per heavy atom. The summed E-state index contributed by atoms with van der Waals surface area (Å²) in [7, 11) is 0. The summed E-state index contributed by atoms with van der Waals surface area (Å²) in [4.78, 5) is 9.59. The Morgan fingerprint density at radius 3 is 3.00 bits per heavy atom. The summed E-state index contributed by atoms with van der Waals surface area (Å²) in [5, 5.41) is 1.92. The fraction of sp³-hybridized carbons (Fsp3) is 0.500. The van der Waals surface area contributed by atoms with Crippen LogP contribution in [0.4, 0.5) is 0 Å². The average Bonchev–Trinajstić information content (AvgIpc) is 1.81. The van der Waals surface area contributed by atoms with Crippen LogP contribution in [0.2, 0.25) is 0 Å². The highest BCUT2D eigenvalue weighted by Crippen LogP contribution is 1.98. The van der Waals surface area contributed by atoms with E-state index < -0.39 is 0 Å². The van der Waals surface area contributed by atoms with Crippen LogP contribution in [-0.4, -0.2) is 12.0 Å². The number of rotatable bonds is 4. The molecule has 0 spiro atoms. The van der Waals surface area contributed by atoms with Crippen LogP contribution in [0.25, 0.3) is 0 Å². The number of carbonyl (C=O) groups excluding carboxylic acids is 1. The maximum atomic E-state index is 9.59. The van der Waals surface area contributed by atoms with Crippen LogP contribution in [0.5, 0.6) is 0 Å². The van der Waals surface area contributed by atoms with E-state index in [-0.39, 0.29) is 0 Å². The number of hydrogen-bond donors (Lipinski definition) is 0. The third-order valence-corrected chi connectivity index (χ3v) is 1.24. The molecule has 0 heterocycles. The van der Waals surface area contributed by atoms with Crippen molar-refractivity contribution in [1.29, 1.82) is 0 Å². The molecule has 0 aromatic rings. The molecule has 0 unspecified atom stereocenters. The molecule has 8 heavy (non-hydrogen) atoms. The van der Waals surface area contributed by atoms with Gasteiger partial charge in [-0.3, -0.25) is 4.79 Å². The minimum absolute atomic E-state index is 0.455. The molecule has 0 aromatic carbocycles. The van der Waals surface area contributed by atoms with Crippen LogP contribution in [0, 0.1) is 0 Å². The zero-order valence-corrected chi connectivity index (χ0v) is 5.70. The highest BCUT2D eigenvalue weighted by molar-refractivity contribution is 8.02. The van der Waals surface area contributed by atoms with Gasteiger partial charge in [0.25, 0.3) is 0 Å². The van der Waals surface area contributed by atoms with E-state index in [1.165, 1.54) is 11.8 Å². The standard InChI is InChI=1S/C6H9OS/c1-2-3-5-8-6-4-7/h3,5H,2,6H2,1H3/b5-3+. The average molecular weight is 129 g/mol. The van der Waals surface area contributed by atoms with Gasteiger partial charge in [0.1, 0.15) is 0 Å². The van der Waals surface area contributed by atoms with Gasteiger partial charge < -0.3 is 0 Å². The zero-order chi connectivity index (χ0) is 6.24. The van der Waals surface area contributed by atoms with Crippen molar-refractivity contribution in [2.75, 3.05) is 5.75 Å². The Kier molecular flexibility index (Phi) is 6.56. The van der Waals surface area contributed by atoms with Gasteiger partial charge in [0.05, 0.1) is 5.75 Å². The van der Waals surface area contributed by atoms with E-state index in [9.17, 15) is 4.79 Å². The molecule has 0 rings (SSSR count). The molecule has 0 atom stereocenters. The highest BCUT2D eigenvalue weighted by atomic mass is 32.2. The van der Waals surface area contributed by atoms with Crippen LogP contribution < -0.4 is 0 Å². The molecule has 0 aliphatic carbocycles. The molecular formula is C6H9OS. The Labute approximate surface area is 54.2 Å². The molecule has 0 aromatic heterocycles. The second-order valence-corrected chi connectivity index (χ2v) is 2.13. The van der Waals surface area contributed by atoms with Crippen LogP contribution in [0.3, 0.4) is 0 Å². The molecule has 0 bridgehead atoms. The van der Waals surface area contributed by atoms with Crippen molar-refractivity contribution in [3.05, 3.63) is 11.5 Å². The summed E-state index contributed by atoms with van der Waals surface area (Å²) in [6, 6.07) is 0. The largest absolute Gasteiger partial charge is 0.290 e. The molecule has 0 aliphatic heterocycles. The molecule has 0 saturated carbocycles. The van der Waals surface area contributed by atoms with Gasteiger partial charge in [-0.25, -0.2) is 0 Å². The van der Waals surface area contributed by atoms with Gasteiger partial charge in [0.15, 0.2) is 0 Å². The SMILES string of the molecule is CC/C=C/SC[C]=O. The van der Waals surface area contributed by atoms with Gasteiger partial charge in [-0.2, -0.15) is 0 Å². The highest BCUT2D eigenvalue weighted by Gasteiger charge is 1.75. The zero-order valence-electron chi connectivity index (χ0n) is 4.89. The van der Waals surface area contributed by atoms with E-state index in [1.54, 1.807) is 6.29 Å². The van der Waals surface area contributed by atoms with Gasteiger partial charge >= 0.3 is 0 Å². The van der Waals surface area contributed by atoms with Crippen molar-refractivity contribution in [2.24, 2.45) is 0 Å². The van der Waals surface area contributed by atoms with Crippen LogP contribution in [0.1, 0.15) is 13.3 Å². The first-order chi connectivity index (χ1) is 3.91. The minimum Gasteiger partial charge on any atom is -0.290 e. The van der Waals surface area contributed by atoms with Crippen molar-refractivity contribution in [1.82, 2.24) is 0 Å². The molecular weight excluding hydrogens is 120 g/mol. The molecule has 45 valence electrons. The lowest BCUT2D eigenvalue weighted by molar-refractivity contribution is 0.560. The second kappa shape index (κ2) is 6.76. The van der Waals surface area contributed by atoms with Gasteiger partial charge in [-0.15, -0.1) is 11.8 Å². The summed E-state index contributed by atoms with van der Waals surface area (Å²) in [5.74, 6) is 0.455. The Balaban J connectivity index is 2.90. The van der Waals surface area contributed by atoms with Gasteiger partial charge in [-0.1, -0.05) is 13.0 Å². The summed E-state index contributed by atoms with van der Waals surface area (Å²) in [5.41, 5.74) is 0. The fourth-order valence-corrected chi connectivity index (χ4v) is 0.739. The topological polar surface area (TPSA) is 17.1 Å². The Morgan fingerprint density at radius 1 is 1.75 bits per heavy atom. The number of thioether (sulfide) groups is 1. The number of hydrogen-bond acceptors (Lipinski definition) is 2. The monoisotopic (exact) mass is 129 g/mol. The van der Waals surface area contributed by atoms with Crippen molar-refractivity contribution < 1.29 is 4.79 Å². The minimum atomic E-state index is 0.455.